The summed E-state index contributed by atoms with van der Waals surface area (Å²) in [6.45, 7) is 4.41. The van der Waals surface area contributed by atoms with Gasteiger partial charge in [0.25, 0.3) is 5.69 Å². The lowest BCUT2D eigenvalue weighted by molar-refractivity contribution is -0.385. The zero-order chi connectivity index (χ0) is 15.4. The third kappa shape index (κ3) is 3.80. The number of halogens is 1. The molecule has 0 saturated heterocycles. The van der Waals surface area contributed by atoms with Gasteiger partial charge in [-0.1, -0.05) is 47.5 Å². The van der Waals surface area contributed by atoms with Gasteiger partial charge in [-0.15, -0.1) is 0 Å². The molecule has 4 nitrogen and oxygen atoms in total. The highest BCUT2D eigenvalue weighted by Gasteiger charge is 2.17. The first kappa shape index (κ1) is 15.5. The van der Waals surface area contributed by atoms with Crippen molar-refractivity contribution in [2.24, 2.45) is 0 Å². The highest BCUT2D eigenvalue weighted by atomic mass is 35.5. The SMILES string of the molecule is Cc1cccc([C@H](C)NCc2c(Cl)cccc2[N+](=O)[O-])c1. The molecule has 1 N–H and O–H groups in total. The molecule has 0 aromatic heterocycles. The maximum Gasteiger partial charge on any atom is 0.275 e. The minimum absolute atomic E-state index is 0.0476. The predicted octanol–water partition coefficient (Wildman–Crippen LogP) is 4.41. The molecule has 2 rings (SSSR count). The number of rotatable bonds is 5. The van der Waals surface area contributed by atoms with E-state index in [4.69, 9.17) is 11.6 Å². The van der Waals surface area contributed by atoms with Gasteiger partial charge in [-0.3, -0.25) is 10.1 Å². The third-order valence-electron chi connectivity index (χ3n) is 3.42. The second-order valence-corrected chi connectivity index (χ2v) is 5.42. The largest absolute Gasteiger partial charge is 0.306 e. The van der Waals surface area contributed by atoms with Crippen LogP contribution in [-0.4, -0.2) is 4.92 Å². The smallest absolute Gasteiger partial charge is 0.275 e. The lowest BCUT2D eigenvalue weighted by atomic mass is 10.1. The third-order valence-corrected chi connectivity index (χ3v) is 3.77. The van der Waals surface area contributed by atoms with E-state index >= 15 is 0 Å². The van der Waals surface area contributed by atoms with Crippen LogP contribution in [-0.2, 0) is 6.54 Å². The van der Waals surface area contributed by atoms with Crippen molar-refractivity contribution in [3.63, 3.8) is 0 Å². The number of nitro groups is 1. The van der Waals surface area contributed by atoms with Crippen molar-refractivity contribution >= 4 is 17.3 Å². The Morgan fingerprint density at radius 2 is 2.00 bits per heavy atom. The van der Waals surface area contributed by atoms with Crippen LogP contribution >= 0.6 is 11.6 Å². The summed E-state index contributed by atoms with van der Waals surface area (Å²) < 4.78 is 0. The maximum absolute atomic E-state index is 11.1. The number of nitro benzene ring substituents is 1. The van der Waals surface area contributed by atoms with Crippen molar-refractivity contribution in [3.05, 3.63) is 74.3 Å². The monoisotopic (exact) mass is 304 g/mol. The van der Waals surface area contributed by atoms with Crippen LogP contribution in [0.2, 0.25) is 5.02 Å². The molecule has 0 aliphatic rings. The molecule has 0 unspecified atom stereocenters. The Kier molecular flexibility index (Phi) is 4.94. The summed E-state index contributed by atoms with van der Waals surface area (Å²) in [4.78, 5) is 10.6. The van der Waals surface area contributed by atoms with Crippen LogP contribution in [0.3, 0.4) is 0 Å². The van der Waals surface area contributed by atoms with Gasteiger partial charge in [0, 0.05) is 18.7 Å². The fraction of sp³-hybridized carbons (Fsp3) is 0.250. The molecule has 0 bridgehead atoms. The van der Waals surface area contributed by atoms with Gasteiger partial charge in [-0.2, -0.15) is 0 Å². The van der Waals surface area contributed by atoms with Crippen LogP contribution in [0.1, 0.15) is 29.7 Å². The van der Waals surface area contributed by atoms with Gasteiger partial charge < -0.3 is 5.32 Å². The van der Waals surface area contributed by atoms with Crippen LogP contribution in [0.5, 0.6) is 0 Å². The number of aryl methyl sites for hydroxylation is 1. The molecule has 0 saturated carbocycles. The van der Waals surface area contributed by atoms with Gasteiger partial charge in [-0.05, 0) is 25.5 Å². The molecule has 2 aromatic rings. The molecule has 0 heterocycles. The van der Waals surface area contributed by atoms with E-state index < -0.39 is 4.92 Å². The fourth-order valence-corrected chi connectivity index (χ4v) is 2.44. The molecule has 0 aliphatic heterocycles. The topological polar surface area (TPSA) is 55.2 Å². The van der Waals surface area contributed by atoms with E-state index in [-0.39, 0.29) is 11.7 Å². The lowest BCUT2D eigenvalue weighted by Gasteiger charge is -2.15. The highest BCUT2D eigenvalue weighted by molar-refractivity contribution is 6.31. The maximum atomic E-state index is 11.1. The summed E-state index contributed by atoms with van der Waals surface area (Å²) in [5, 5.41) is 14.8. The van der Waals surface area contributed by atoms with E-state index in [1.54, 1.807) is 12.1 Å². The summed E-state index contributed by atoms with van der Waals surface area (Å²) in [6, 6.07) is 13.0. The van der Waals surface area contributed by atoms with Crippen molar-refractivity contribution in [1.82, 2.24) is 5.32 Å². The number of nitrogens with zero attached hydrogens (tertiary/aromatic N) is 1. The molecule has 1 atom stereocenters. The number of hydrogen-bond acceptors (Lipinski definition) is 3. The first-order chi connectivity index (χ1) is 9.99. The second-order valence-electron chi connectivity index (χ2n) is 5.01. The molecule has 0 fully saturated rings. The van der Waals surface area contributed by atoms with Crippen LogP contribution in [0.25, 0.3) is 0 Å². The first-order valence-corrected chi connectivity index (χ1v) is 7.08. The zero-order valence-electron chi connectivity index (χ0n) is 12.0. The average Bonchev–Trinajstić information content (AvgIpc) is 2.45. The van der Waals surface area contributed by atoms with Crippen molar-refractivity contribution < 1.29 is 4.92 Å². The molecule has 110 valence electrons. The molecular weight excluding hydrogens is 288 g/mol. The van der Waals surface area contributed by atoms with Gasteiger partial charge in [0.1, 0.15) is 0 Å². The fourth-order valence-electron chi connectivity index (χ4n) is 2.21. The molecule has 2 aromatic carbocycles. The normalized spacial score (nSPS) is 12.1. The molecule has 21 heavy (non-hydrogen) atoms. The number of hydrogen-bond donors (Lipinski definition) is 1. The molecule has 5 heteroatoms. The highest BCUT2D eigenvalue weighted by Crippen LogP contribution is 2.26. The van der Waals surface area contributed by atoms with E-state index in [0.717, 1.165) is 5.56 Å². The van der Waals surface area contributed by atoms with E-state index in [0.29, 0.717) is 17.1 Å². The summed E-state index contributed by atoms with van der Waals surface area (Å²) >= 11 is 6.08. The summed E-state index contributed by atoms with van der Waals surface area (Å²) in [5.74, 6) is 0. The molecule has 0 amide bonds. The van der Waals surface area contributed by atoms with Crippen molar-refractivity contribution in [1.29, 1.82) is 0 Å². The Morgan fingerprint density at radius 3 is 2.67 bits per heavy atom. The van der Waals surface area contributed by atoms with Crippen LogP contribution in [0, 0.1) is 17.0 Å². The number of nitrogens with one attached hydrogen (secondary N) is 1. The van der Waals surface area contributed by atoms with Crippen molar-refractivity contribution in [2.45, 2.75) is 26.4 Å². The summed E-state index contributed by atoms with van der Waals surface area (Å²) in [7, 11) is 0. The first-order valence-electron chi connectivity index (χ1n) is 6.70. The minimum Gasteiger partial charge on any atom is -0.306 e. The standard InChI is InChI=1S/C16H17ClN2O2/c1-11-5-3-6-13(9-11)12(2)18-10-14-15(17)7-4-8-16(14)19(20)21/h3-9,12,18H,10H2,1-2H3/t12-/m0/s1. The second kappa shape index (κ2) is 6.70. The van der Waals surface area contributed by atoms with E-state index in [1.165, 1.54) is 11.6 Å². The van der Waals surface area contributed by atoms with E-state index in [9.17, 15) is 10.1 Å². The van der Waals surface area contributed by atoms with Gasteiger partial charge >= 0.3 is 0 Å². The van der Waals surface area contributed by atoms with Crippen LogP contribution < -0.4 is 5.32 Å². The van der Waals surface area contributed by atoms with Gasteiger partial charge in [0.15, 0.2) is 0 Å². The Hall–Kier alpha value is -1.91. The average molecular weight is 305 g/mol. The lowest BCUT2D eigenvalue weighted by Crippen LogP contribution is -2.19. The molecule has 0 aliphatic carbocycles. The predicted molar refractivity (Wildman–Crippen MR) is 84.5 cm³/mol. The molecule has 0 spiro atoms. The Balaban J connectivity index is 2.15. The molecule has 0 radical (unpaired) electrons. The van der Waals surface area contributed by atoms with Gasteiger partial charge in [0.05, 0.1) is 15.5 Å². The summed E-state index contributed by atoms with van der Waals surface area (Å²) in [5.41, 5.74) is 2.89. The van der Waals surface area contributed by atoms with Gasteiger partial charge in [-0.25, -0.2) is 0 Å². The van der Waals surface area contributed by atoms with Crippen molar-refractivity contribution in [2.75, 3.05) is 0 Å². The summed E-state index contributed by atoms with van der Waals surface area (Å²) in [6.07, 6.45) is 0. The minimum atomic E-state index is -0.403. The van der Waals surface area contributed by atoms with Gasteiger partial charge in [0.2, 0.25) is 0 Å². The van der Waals surface area contributed by atoms with Crippen LogP contribution in [0.15, 0.2) is 42.5 Å². The number of benzene rings is 2. The quantitative estimate of drug-likeness (QED) is 0.657. The molecular formula is C16H17ClN2O2. The zero-order valence-corrected chi connectivity index (χ0v) is 12.7. The Morgan fingerprint density at radius 1 is 1.29 bits per heavy atom. The Bertz CT molecular complexity index is 658. The van der Waals surface area contributed by atoms with Crippen LogP contribution in [0.4, 0.5) is 5.69 Å². The van der Waals surface area contributed by atoms with E-state index in [2.05, 4.69) is 11.4 Å². The van der Waals surface area contributed by atoms with E-state index in [1.807, 2.05) is 32.0 Å². The van der Waals surface area contributed by atoms with Crippen molar-refractivity contribution in [3.8, 4) is 0 Å². The Labute approximate surface area is 128 Å².